The number of halogens is 2. The number of amidine groups is 1. The maximum atomic E-state index is 12.4. The van der Waals surface area contributed by atoms with Gasteiger partial charge in [0.1, 0.15) is 5.84 Å². The molecule has 2 N–H and O–H groups in total. The third-order valence-corrected chi connectivity index (χ3v) is 5.85. The van der Waals surface area contributed by atoms with Crippen molar-refractivity contribution in [1.82, 2.24) is 10.2 Å². The lowest BCUT2D eigenvalue weighted by atomic mass is 10.0. The third-order valence-electron chi connectivity index (χ3n) is 4.97. The molecule has 0 aromatic heterocycles. The summed E-state index contributed by atoms with van der Waals surface area (Å²) in [6, 6.07) is -0.0613. The lowest BCUT2D eigenvalue weighted by Gasteiger charge is -2.29. The average molecular weight is 421 g/mol. The maximum Gasteiger partial charge on any atom is 0.242 e. The molecule has 0 bridgehead atoms. The number of amides is 1. The fourth-order valence-electron chi connectivity index (χ4n) is 3.40. The van der Waals surface area contributed by atoms with Crippen LogP contribution in [0.5, 0.6) is 0 Å². The summed E-state index contributed by atoms with van der Waals surface area (Å²) < 4.78 is 24.8. The highest BCUT2D eigenvalue weighted by Crippen LogP contribution is 2.35. The van der Waals surface area contributed by atoms with Gasteiger partial charge in [0, 0.05) is 41.5 Å². The Balaban J connectivity index is 1.80. The molecular formula is C21H26F2N4OS. The zero-order valence-corrected chi connectivity index (χ0v) is 17.3. The van der Waals surface area contributed by atoms with Crippen molar-refractivity contribution < 1.29 is 13.6 Å². The van der Waals surface area contributed by atoms with Gasteiger partial charge in [-0.25, -0.2) is 8.78 Å². The number of hydrogen-bond donors (Lipinski definition) is 2. The predicted molar refractivity (Wildman–Crippen MR) is 114 cm³/mol. The Kier molecular flexibility index (Phi) is 7.05. The summed E-state index contributed by atoms with van der Waals surface area (Å²) in [5, 5.41) is 13.4. The number of alkyl halides is 2. The van der Waals surface area contributed by atoms with E-state index in [2.05, 4.69) is 16.9 Å². The van der Waals surface area contributed by atoms with Gasteiger partial charge in [0.2, 0.25) is 12.3 Å². The number of aliphatic imine (C=N–C) groups is 1. The highest BCUT2D eigenvalue weighted by molar-refractivity contribution is 8.06. The van der Waals surface area contributed by atoms with Gasteiger partial charge in [-0.3, -0.25) is 9.79 Å². The van der Waals surface area contributed by atoms with E-state index in [0.29, 0.717) is 25.1 Å². The van der Waals surface area contributed by atoms with Gasteiger partial charge < -0.3 is 15.6 Å². The molecule has 1 unspecified atom stereocenters. The zero-order valence-electron chi connectivity index (χ0n) is 16.5. The van der Waals surface area contributed by atoms with Crippen molar-refractivity contribution >= 4 is 29.2 Å². The fraction of sp³-hybridized carbons (Fsp3) is 0.476. The normalized spacial score (nSPS) is 21.9. The summed E-state index contributed by atoms with van der Waals surface area (Å²) >= 11 is 1.48. The molecule has 3 rings (SSSR count). The molecule has 2 aliphatic heterocycles. The molecule has 0 spiro atoms. The van der Waals surface area contributed by atoms with E-state index >= 15 is 0 Å². The highest BCUT2D eigenvalue weighted by Gasteiger charge is 2.38. The van der Waals surface area contributed by atoms with E-state index in [1.807, 2.05) is 23.3 Å². The Morgan fingerprint density at radius 1 is 1.48 bits per heavy atom. The van der Waals surface area contributed by atoms with E-state index in [9.17, 15) is 13.6 Å². The van der Waals surface area contributed by atoms with Gasteiger partial charge in [0.05, 0.1) is 18.3 Å². The number of fused-ring (bicyclic) bond motifs is 1. The van der Waals surface area contributed by atoms with Crippen LogP contribution >= 0.6 is 11.8 Å². The minimum atomic E-state index is -2.43. The van der Waals surface area contributed by atoms with Crippen LogP contribution in [0.3, 0.4) is 0 Å². The van der Waals surface area contributed by atoms with Crippen molar-refractivity contribution in [2.24, 2.45) is 10.9 Å². The predicted octanol–water partition coefficient (Wildman–Crippen LogP) is 4.26. The molecule has 8 heteroatoms. The van der Waals surface area contributed by atoms with Crippen LogP contribution in [0.2, 0.25) is 0 Å². The molecular weight excluding hydrogens is 394 g/mol. The molecule has 1 aliphatic carbocycles. The SMILES string of the molecule is C=C(S/C=C\C)C1=NCC(C(=N)/C=C\CC(F)F)=C2CC(NC(=O)C3CC3)CN12. The highest BCUT2D eigenvalue weighted by atomic mass is 32.2. The lowest BCUT2D eigenvalue weighted by Crippen LogP contribution is -2.39. The number of thioether (sulfide) groups is 1. The van der Waals surface area contributed by atoms with Crippen LogP contribution < -0.4 is 5.32 Å². The number of carbonyl (C=O) groups excluding carboxylic acids is 1. The Morgan fingerprint density at radius 2 is 2.24 bits per heavy atom. The molecule has 3 aliphatic rings. The standard InChI is InChI=1S/C21H26F2N4OS/c1-3-9-29-13(2)20-25-11-16(17(24)5-4-6-19(22)23)18-10-15(12-27(18)20)26-21(28)14-7-8-14/h3-5,9,14-15,19,24H,2,6-8,10-12H2,1H3,(H,26,28)/b5-4-,9-3-,24-17?. The minimum absolute atomic E-state index is 0.0613. The number of rotatable bonds is 9. The summed E-state index contributed by atoms with van der Waals surface area (Å²) in [5.41, 5.74) is 1.82. The van der Waals surface area contributed by atoms with Gasteiger partial charge in [-0.15, -0.1) is 0 Å². The van der Waals surface area contributed by atoms with Gasteiger partial charge in [-0.1, -0.05) is 30.5 Å². The number of nitrogens with zero attached hydrogens (tertiary/aromatic N) is 2. The molecule has 156 valence electrons. The van der Waals surface area contributed by atoms with Crippen LogP contribution in [0, 0.1) is 11.3 Å². The molecule has 2 fully saturated rings. The summed E-state index contributed by atoms with van der Waals surface area (Å²) in [7, 11) is 0. The van der Waals surface area contributed by atoms with E-state index in [1.165, 1.54) is 23.9 Å². The number of allylic oxidation sites excluding steroid dienone is 3. The van der Waals surface area contributed by atoms with Crippen molar-refractivity contribution in [3.05, 3.63) is 46.4 Å². The third kappa shape index (κ3) is 5.44. The van der Waals surface area contributed by atoms with Gasteiger partial charge in [-0.2, -0.15) is 0 Å². The van der Waals surface area contributed by atoms with E-state index in [0.717, 1.165) is 29.3 Å². The topological polar surface area (TPSA) is 68.5 Å². The van der Waals surface area contributed by atoms with Crippen molar-refractivity contribution in [3.8, 4) is 0 Å². The first kappa shape index (κ1) is 21.5. The minimum Gasteiger partial charge on any atom is -0.351 e. The quantitative estimate of drug-likeness (QED) is 0.548. The molecule has 1 atom stereocenters. The van der Waals surface area contributed by atoms with Crippen molar-refractivity contribution in [1.29, 1.82) is 5.41 Å². The van der Waals surface area contributed by atoms with E-state index < -0.39 is 6.43 Å². The van der Waals surface area contributed by atoms with Crippen LogP contribution in [0.15, 0.2) is 51.4 Å². The van der Waals surface area contributed by atoms with E-state index in [1.54, 1.807) is 0 Å². The molecule has 1 amide bonds. The first-order chi connectivity index (χ1) is 13.9. The summed E-state index contributed by atoms with van der Waals surface area (Å²) in [6.07, 6.45) is 4.36. The fourth-order valence-corrected chi connectivity index (χ4v) is 3.98. The Hall–Kier alpha value is -2.22. The van der Waals surface area contributed by atoms with Crippen LogP contribution in [-0.4, -0.2) is 47.9 Å². The molecule has 5 nitrogen and oxygen atoms in total. The largest absolute Gasteiger partial charge is 0.351 e. The lowest BCUT2D eigenvalue weighted by molar-refractivity contribution is -0.122. The molecule has 29 heavy (non-hydrogen) atoms. The maximum absolute atomic E-state index is 12.4. The van der Waals surface area contributed by atoms with E-state index in [4.69, 9.17) is 5.41 Å². The van der Waals surface area contributed by atoms with E-state index in [-0.39, 0.29) is 30.0 Å². The van der Waals surface area contributed by atoms with Crippen LogP contribution in [0.4, 0.5) is 8.78 Å². The molecule has 0 aromatic carbocycles. The number of nitrogens with one attached hydrogen (secondary N) is 2. The van der Waals surface area contributed by atoms with Crippen LogP contribution in [0.1, 0.15) is 32.6 Å². The van der Waals surface area contributed by atoms with Gasteiger partial charge >= 0.3 is 0 Å². The summed E-state index contributed by atoms with van der Waals surface area (Å²) in [4.78, 5) is 19.7. The summed E-state index contributed by atoms with van der Waals surface area (Å²) in [5.74, 6) is 0.967. The molecule has 0 aromatic rings. The second kappa shape index (κ2) is 9.52. The first-order valence-electron chi connectivity index (χ1n) is 9.75. The molecule has 2 heterocycles. The molecule has 1 saturated carbocycles. The van der Waals surface area contributed by atoms with Gasteiger partial charge in [-0.05, 0) is 31.2 Å². The van der Waals surface area contributed by atoms with Crippen molar-refractivity contribution in [3.63, 3.8) is 0 Å². The average Bonchev–Trinajstić information content (AvgIpc) is 3.45. The number of hydrogen-bond acceptors (Lipinski definition) is 5. The van der Waals surface area contributed by atoms with Crippen LogP contribution in [-0.2, 0) is 4.79 Å². The Morgan fingerprint density at radius 3 is 2.90 bits per heavy atom. The zero-order chi connectivity index (χ0) is 21.0. The molecule has 1 saturated heterocycles. The second-order valence-corrected chi connectivity index (χ2v) is 8.31. The number of carbonyl (C=O) groups is 1. The van der Waals surface area contributed by atoms with Gasteiger partial charge in [0.25, 0.3) is 0 Å². The summed E-state index contributed by atoms with van der Waals surface area (Å²) in [6.45, 7) is 6.92. The van der Waals surface area contributed by atoms with Crippen LogP contribution in [0.25, 0.3) is 0 Å². The van der Waals surface area contributed by atoms with Crippen molar-refractivity contribution in [2.45, 2.75) is 45.1 Å². The smallest absolute Gasteiger partial charge is 0.242 e. The Bertz CT molecular complexity index is 811. The van der Waals surface area contributed by atoms with Crippen molar-refractivity contribution in [2.75, 3.05) is 13.1 Å². The van der Waals surface area contributed by atoms with Gasteiger partial charge in [0.15, 0.2) is 0 Å². The second-order valence-electron chi connectivity index (χ2n) is 7.31. The molecule has 0 radical (unpaired) electrons. The first-order valence-corrected chi connectivity index (χ1v) is 10.6. The Labute approximate surface area is 174 Å². The monoisotopic (exact) mass is 420 g/mol.